The van der Waals surface area contributed by atoms with Gasteiger partial charge in [0.05, 0.1) is 6.04 Å². The molecule has 0 bridgehead atoms. The fourth-order valence-corrected chi connectivity index (χ4v) is 0.519. The highest BCUT2D eigenvalue weighted by molar-refractivity contribution is 5.81. The van der Waals surface area contributed by atoms with Crippen LogP contribution < -0.4 is 5.32 Å². The summed E-state index contributed by atoms with van der Waals surface area (Å²) in [6.07, 6.45) is -0.120. The molecule has 0 heterocycles. The third-order valence-electron chi connectivity index (χ3n) is 1.01. The molecule has 0 fully saturated rings. The van der Waals surface area contributed by atoms with Crippen molar-refractivity contribution in [3.05, 3.63) is 12.7 Å². The highest BCUT2D eigenvalue weighted by Gasteiger charge is 2.06. The molecule has 0 aromatic heterocycles. The lowest BCUT2D eigenvalue weighted by Gasteiger charge is -2.10. The van der Waals surface area contributed by atoms with Gasteiger partial charge >= 0.3 is 12.1 Å². The Kier molecular flexibility index (Phi) is 4.52. The van der Waals surface area contributed by atoms with Gasteiger partial charge in [-0.3, -0.25) is 0 Å². The molecule has 12 heavy (non-hydrogen) atoms. The quantitative estimate of drug-likeness (QED) is 0.475. The number of hydrogen-bond acceptors (Lipinski definition) is 3. The zero-order valence-electron chi connectivity index (χ0n) is 6.74. The van der Waals surface area contributed by atoms with Gasteiger partial charge in [-0.15, -0.1) is 0 Å². The Labute approximate surface area is 70.0 Å². The van der Waals surface area contributed by atoms with E-state index in [0.717, 1.165) is 6.08 Å². The van der Waals surface area contributed by atoms with Crippen molar-refractivity contribution >= 4 is 12.1 Å². The van der Waals surface area contributed by atoms with Crippen LogP contribution in [0.5, 0.6) is 0 Å². The highest BCUT2D eigenvalue weighted by atomic mass is 16.5. The van der Waals surface area contributed by atoms with Gasteiger partial charge in [0.15, 0.2) is 0 Å². The van der Waals surface area contributed by atoms with Gasteiger partial charge in [-0.25, -0.2) is 9.59 Å². The molecular weight excluding hydrogens is 162 g/mol. The Hall–Kier alpha value is -1.52. The second-order valence-electron chi connectivity index (χ2n) is 2.18. The maximum atomic E-state index is 10.5. The first-order valence-corrected chi connectivity index (χ1v) is 3.35. The third-order valence-corrected chi connectivity index (χ3v) is 1.01. The van der Waals surface area contributed by atoms with Crippen LogP contribution in [0, 0.1) is 0 Å². The SMILES string of the molecule is C=CC(=O)OCC(C)NC(=O)O. The van der Waals surface area contributed by atoms with Crippen LogP contribution in [0.4, 0.5) is 4.79 Å². The average molecular weight is 173 g/mol. The molecule has 68 valence electrons. The van der Waals surface area contributed by atoms with Crippen molar-refractivity contribution < 1.29 is 19.4 Å². The lowest BCUT2D eigenvalue weighted by atomic mass is 10.4. The Morgan fingerprint density at radius 1 is 1.75 bits per heavy atom. The van der Waals surface area contributed by atoms with Crippen molar-refractivity contribution in [3.8, 4) is 0 Å². The summed E-state index contributed by atoms with van der Waals surface area (Å²) >= 11 is 0. The van der Waals surface area contributed by atoms with Crippen molar-refractivity contribution in [2.24, 2.45) is 0 Å². The largest absolute Gasteiger partial charge is 0.465 e. The number of amides is 1. The minimum absolute atomic E-state index is 0.0111. The molecule has 0 aromatic rings. The molecule has 1 unspecified atom stereocenters. The van der Waals surface area contributed by atoms with Crippen LogP contribution in [0.2, 0.25) is 0 Å². The van der Waals surface area contributed by atoms with Gasteiger partial charge < -0.3 is 15.2 Å². The van der Waals surface area contributed by atoms with Crippen molar-refractivity contribution in [2.45, 2.75) is 13.0 Å². The van der Waals surface area contributed by atoms with Crippen LogP contribution in [0.25, 0.3) is 0 Å². The van der Waals surface area contributed by atoms with E-state index in [1.54, 1.807) is 6.92 Å². The molecule has 0 spiro atoms. The number of carboxylic acid groups (broad SMARTS) is 1. The summed E-state index contributed by atoms with van der Waals surface area (Å²) < 4.78 is 4.57. The molecule has 0 aliphatic heterocycles. The fraction of sp³-hybridized carbons (Fsp3) is 0.429. The smallest absolute Gasteiger partial charge is 0.404 e. The van der Waals surface area contributed by atoms with Crippen LogP contribution >= 0.6 is 0 Å². The maximum Gasteiger partial charge on any atom is 0.404 e. The summed E-state index contributed by atoms with van der Waals surface area (Å²) in [7, 11) is 0. The fourth-order valence-electron chi connectivity index (χ4n) is 0.519. The number of ether oxygens (including phenoxy) is 1. The topological polar surface area (TPSA) is 75.6 Å². The highest BCUT2D eigenvalue weighted by Crippen LogP contribution is 1.85. The molecule has 1 amide bonds. The van der Waals surface area contributed by atoms with Gasteiger partial charge in [0.2, 0.25) is 0 Å². The van der Waals surface area contributed by atoms with Crippen molar-refractivity contribution in [2.75, 3.05) is 6.61 Å². The molecule has 0 aromatic carbocycles. The molecule has 1 atom stereocenters. The number of carbonyl (C=O) groups excluding carboxylic acids is 1. The first-order valence-electron chi connectivity index (χ1n) is 3.35. The molecule has 0 aliphatic carbocycles. The third kappa shape index (κ3) is 5.28. The molecule has 0 radical (unpaired) electrons. The first-order chi connectivity index (χ1) is 5.56. The van der Waals surface area contributed by atoms with Crippen LogP contribution in [0.15, 0.2) is 12.7 Å². The lowest BCUT2D eigenvalue weighted by molar-refractivity contribution is -0.138. The van der Waals surface area contributed by atoms with E-state index in [-0.39, 0.29) is 6.61 Å². The summed E-state index contributed by atoms with van der Waals surface area (Å²) in [5, 5.41) is 10.4. The van der Waals surface area contributed by atoms with Gasteiger partial charge in [0.1, 0.15) is 6.61 Å². The second-order valence-corrected chi connectivity index (χ2v) is 2.18. The molecular formula is C7H11NO4. The monoisotopic (exact) mass is 173 g/mol. The molecule has 2 N–H and O–H groups in total. The van der Waals surface area contributed by atoms with E-state index in [1.807, 2.05) is 0 Å². The van der Waals surface area contributed by atoms with Gasteiger partial charge in [0.25, 0.3) is 0 Å². The van der Waals surface area contributed by atoms with Crippen molar-refractivity contribution in [1.82, 2.24) is 5.32 Å². The summed E-state index contributed by atoms with van der Waals surface area (Å²) in [4.78, 5) is 20.5. The van der Waals surface area contributed by atoms with Crippen molar-refractivity contribution in [3.63, 3.8) is 0 Å². The van der Waals surface area contributed by atoms with E-state index < -0.39 is 18.1 Å². The Morgan fingerprint density at radius 2 is 2.33 bits per heavy atom. The normalized spacial score (nSPS) is 11.4. The summed E-state index contributed by atoms with van der Waals surface area (Å²) in [5.41, 5.74) is 0. The number of rotatable bonds is 4. The van der Waals surface area contributed by atoms with Crippen LogP contribution in [-0.4, -0.2) is 29.8 Å². The Bertz CT molecular complexity index is 190. The van der Waals surface area contributed by atoms with Crippen LogP contribution in [-0.2, 0) is 9.53 Å². The molecule has 5 nitrogen and oxygen atoms in total. The van der Waals surface area contributed by atoms with E-state index in [2.05, 4.69) is 16.6 Å². The molecule has 5 heteroatoms. The summed E-state index contributed by atoms with van der Waals surface area (Å²) in [5.74, 6) is -0.561. The molecule has 0 saturated heterocycles. The standard InChI is InChI=1S/C7H11NO4/c1-3-6(9)12-4-5(2)8-7(10)11/h3,5,8H,1,4H2,2H3,(H,10,11). The maximum absolute atomic E-state index is 10.5. The number of nitrogens with one attached hydrogen (secondary N) is 1. The zero-order chi connectivity index (χ0) is 9.56. The van der Waals surface area contributed by atoms with Crippen molar-refractivity contribution in [1.29, 1.82) is 0 Å². The van der Waals surface area contributed by atoms with E-state index in [4.69, 9.17) is 5.11 Å². The van der Waals surface area contributed by atoms with Gasteiger partial charge in [0, 0.05) is 6.08 Å². The molecule has 0 aliphatic rings. The van der Waals surface area contributed by atoms with E-state index in [0.29, 0.717) is 0 Å². The minimum Gasteiger partial charge on any atom is -0.465 e. The molecule has 0 rings (SSSR count). The van der Waals surface area contributed by atoms with Crippen LogP contribution in [0.1, 0.15) is 6.92 Å². The predicted molar refractivity (Wildman–Crippen MR) is 41.8 cm³/mol. The number of esters is 1. The number of hydrogen-bond donors (Lipinski definition) is 2. The van der Waals surface area contributed by atoms with E-state index in [1.165, 1.54) is 0 Å². The second kappa shape index (κ2) is 5.17. The first kappa shape index (κ1) is 10.5. The molecule has 0 saturated carbocycles. The minimum atomic E-state index is -1.14. The van der Waals surface area contributed by atoms with Gasteiger partial charge in [-0.05, 0) is 6.92 Å². The van der Waals surface area contributed by atoms with Gasteiger partial charge in [-0.2, -0.15) is 0 Å². The summed E-state index contributed by atoms with van der Waals surface area (Å²) in [6, 6.07) is -0.411. The Morgan fingerprint density at radius 3 is 2.75 bits per heavy atom. The number of carbonyl (C=O) groups is 2. The van der Waals surface area contributed by atoms with Crippen LogP contribution in [0.3, 0.4) is 0 Å². The lowest BCUT2D eigenvalue weighted by Crippen LogP contribution is -2.35. The van der Waals surface area contributed by atoms with E-state index >= 15 is 0 Å². The summed E-state index contributed by atoms with van der Waals surface area (Å²) in [6.45, 7) is 4.79. The van der Waals surface area contributed by atoms with Gasteiger partial charge in [-0.1, -0.05) is 6.58 Å². The Balaban J connectivity index is 3.56. The predicted octanol–water partition coefficient (Wildman–Crippen LogP) is 0.372. The zero-order valence-corrected chi connectivity index (χ0v) is 6.74. The average Bonchev–Trinajstić information content (AvgIpc) is 1.99. The van der Waals surface area contributed by atoms with E-state index in [9.17, 15) is 9.59 Å².